The van der Waals surface area contributed by atoms with Gasteiger partial charge in [-0.25, -0.2) is 0 Å². The largest absolute Gasteiger partial charge is 0.454 e. The lowest BCUT2D eigenvalue weighted by Crippen LogP contribution is -2.49. The van der Waals surface area contributed by atoms with Crippen molar-refractivity contribution in [1.29, 1.82) is 0 Å². The van der Waals surface area contributed by atoms with Gasteiger partial charge < -0.3 is 20.1 Å². The molecule has 1 aromatic rings. The van der Waals surface area contributed by atoms with Crippen molar-refractivity contribution in [2.45, 2.75) is 44.6 Å². The Morgan fingerprint density at radius 3 is 2.91 bits per heavy atom. The third-order valence-electron chi connectivity index (χ3n) is 4.49. The van der Waals surface area contributed by atoms with Gasteiger partial charge >= 0.3 is 0 Å². The number of carbonyl (C=O) groups excluding carboxylic acids is 1. The van der Waals surface area contributed by atoms with Crippen LogP contribution in [0.1, 0.15) is 38.7 Å². The average molecular weight is 304 g/mol. The molecule has 2 aliphatic heterocycles. The van der Waals surface area contributed by atoms with Gasteiger partial charge in [0.25, 0.3) is 0 Å². The van der Waals surface area contributed by atoms with Crippen molar-refractivity contribution >= 4 is 5.91 Å². The smallest absolute Gasteiger partial charge is 0.237 e. The van der Waals surface area contributed by atoms with Gasteiger partial charge in [0.2, 0.25) is 12.7 Å². The maximum atomic E-state index is 12.2. The van der Waals surface area contributed by atoms with Gasteiger partial charge in [-0.15, -0.1) is 0 Å². The first kappa shape index (κ1) is 15.2. The van der Waals surface area contributed by atoms with Gasteiger partial charge in [0.1, 0.15) is 0 Å². The molecule has 3 rings (SSSR count). The number of hydrogen-bond acceptors (Lipinski definition) is 4. The van der Waals surface area contributed by atoms with Crippen molar-refractivity contribution < 1.29 is 14.3 Å². The second-order valence-corrected chi connectivity index (χ2v) is 6.67. The highest BCUT2D eigenvalue weighted by molar-refractivity contribution is 5.81. The van der Waals surface area contributed by atoms with Gasteiger partial charge in [0.15, 0.2) is 11.5 Å². The van der Waals surface area contributed by atoms with E-state index < -0.39 is 0 Å². The summed E-state index contributed by atoms with van der Waals surface area (Å²) in [6.45, 7) is 6.06. The molecule has 120 valence electrons. The van der Waals surface area contributed by atoms with E-state index in [0.29, 0.717) is 6.54 Å². The molecular weight excluding hydrogens is 280 g/mol. The van der Waals surface area contributed by atoms with Crippen LogP contribution in [-0.2, 0) is 10.2 Å². The minimum atomic E-state index is -0.161. The summed E-state index contributed by atoms with van der Waals surface area (Å²) in [7, 11) is 0. The first-order valence-electron chi connectivity index (χ1n) is 7.97. The summed E-state index contributed by atoms with van der Waals surface area (Å²) >= 11 is 0. The van der Waals surface area contributed by atoms with Crippen LogP contribution in [0.5, 0.6) is 11.5 Å². The molecule has 1 fully saturated rings. The Bertz CT molecular complexity index is 551. The maximum absolute atomic E-state index is 12.2. The Morgan fingerprint density at radius 1 is 1.32 bits per heavy atom. The van der Waals surface area contributed by atoms with Crippen LogP contribution in [0.4, 0.5) is 0 Å². The Balaban J connectivity index is 1.61. The molecule has 0 bridgehead atoms. The lowest BCUT2D eigenvalue weighted by Gasteiger charge is -2.28. The molecule has 0 radical (unpaired) electrons. The van der Waals surface area contributed by atoms with Crippen LogP contribution in [0.25, 0.3) is 0 Å². The van der Waals surface area contributed by atoms with Gasteiger partial charge in [0.05, 0.1) is 6.04 Å². The monoisotopic (exact) mass is 304 g/mol. The molecule has 0 spiro atoms. The van der Waals surface area contributed by atoms with E-state index in [2.05, 4.69) is 24.5 Å². The molecular formula is C17H24N2O3. The summed E-state index contributed by atoms with van der Waals surface area (Å²) in [5, 5.41) is 6.37. The predicted molar refractivity (Wildman–Crippen MR) is 84.2 cm³/mol. The normalized spacial score (nSPS) is 20.7. The molecule has 0 aromatic heterocycles. The van der Waals surface area contributed by atoms with Crippen LogP contribution in [-0.4, -0.2) is 31.8 Å². The molecule has 2 N–H and O–H groups in total. The van der Waals surface area contributed by atoms with E-state index in [9.17, 15) is 4.79 Å². The number of fused-ring (bicyclic) bond motifs is 1. The second kappa shape index (κ2) is 6.16. The molecule has 5 heteroatoms. The molecule has 1 atom stereocenters. The molecule has 1 unspecified atom stereocenters. The number of piperidine rings is 1. The van der Waals surface area contributed by atoms with Gasteiger partial charge in [0, 0.05) is 12.0 Å². The zero-order valence-electron chi connectivity index (χ0n) is 13.3. The summed E-state index contributed by atoms with van der Waals surface area (Å²) in [6.07, 6.45) is 3.21. The first-order chi connectivity index (χ1) is 10.6. The van der Waals surface area contributed by atoms with Crippen molar-refractivity contribution in [1.82, 2.24) is 10.6 Å². The van der Waals surface area contributed by atoms with Crippen LogP contribution in [0.2, 0.25) is 0 Å². The number of nitrogens with one attached hydrogen (secondary N) is 2. The number of ether oxygens (including phenoxy) is 2. The maximum Gasteiger partial charge on any atom is 0.237 e. The number of carbonyl (C=O) groups is 1. The quantitative estimate of drug-likeness (QED) is 0.892. The average Bonchev–Trinajstić information content (AvgIpc) is 3.01. The van der Waals surface area contributed by atoms with Gasteiger partial charge in [-0.2, -0.15) is 0 Å². The van der Waals surface area contributed by atoms with Crippen LogP contribution in [0, 0.1) is 0 Å². The SMILES string of the molecule is CC(C)(CNC(=O)C1CCCCN1)c1ccc2c(c1)OCO2. The van der Waals surface area contributed by atoms with E-state index in [-0.39, 0.29) is 24.2 Å². The Morgan fingerprint density at radius 2 is 2.14 bits per heavy atom. The van der Waals surface area contributed by atoms with E-state index in [1.54, 1.807) is 0 Å². The standard InChI is InChI=1S/C17H24N2O3/c1-17(2,10-19-16(20)13-5-3-4-8-18-13)12-6-7-14-15(9-12)22-11-21-14/h6-7,9,13,18H,3-5,8,10-11H2,1-2H3,(H,19,20). The highest BCUT2D eigenvalue weighted by atomic mass is 16.7. The summed E-state index contributed by atoms with van der Waals surface area (Å²) in [4.78, 5) is 12.2. The van der Waals surface area contributed by atoms with E-state index in [1.807, 2.05) is 18.2 Å². The predicted octanol–water partition coefficient (Wildman–Crippen LogP) is 1.95. The molecule has 1 amide bonds. The minimum absolute atomic E-state index is 0.0405. The van der Waals surface area contributed by atoms with Crippen LogP contribution in [0.15, 0.2) is 18.2 Å². The zero-order valence-corrected chi connectivity index (χ0v) is 13.3. The van der Waals surface area contributed by atoms with E-state index in [4.69, 9.17) is 9.47 Å². The molecule has 1 aromatic carbocycles. The fourth-order valence-electron chi connectivity index (χ4n) is 2.93. The lowest BCUT2D eigenvalue weighted by atomic mass is 9.84. The van der Waals surface area contributed by atoms with Crippen molar-refractivity contribution in [3.8, 4) is 11.5 Å². The molecule has 1 saturated heterocycles. The summed E-state index contributed by atoms with van der Waals surface area (Å²) in [5.74, 6) is 1.68. The van der Waals surface area contributed by atoms with Gasteiger partial charge in [-0.05, 0) is 37.1 Å². The Kier molecular flexibility index (Phi) is 4.25. The van der Waals surface area contributed by atoms with E-state index in [0.717, 1.165) is 42.9 Å². The Hall–Kier alpha value is -1.75. The summed E-state index contributed by atoms with van der Waals surface area (Å²) in [5.41, 5.74) is 0.972. The van der Waals surface area contributed by atoms with Crippen LogP contribution >= 0.6 is 0 Å². The fourth-order valence-corrected chi connectivity index (χ4v) is 2.93. The first-order valence-corrected chi connectivity index (χ1v) is 7.97. The van der Waals surface area contributed by atoms with E-state index in [1.165, 1.54) is 0 Å². The third kappa shape index (κ3) is 3.19. The molecule has 2 aliphatic rings. The topological polar surface area (TPSA) is 59.6 Å². The van der Waals surface area contributed by atoms with Crippen LogP contribution < -0.4 is 20.1 Å². The number of benzene rings is 1. The van der Waals surface area contributed by atoms with Crippen molar-refractivity contribution in [2.75, 3.05) is 19.9 Å². The summed E-state index contributed by atoms with van der Waals surface area (Å²) < 4.78 is 10.8. The van der Waals surface area contributed by atoms with Crippen molar-refractivity contribution in [2.24, 2.45) is 0 Å². The highest BCUT2D eigenvalue weighted by Crippen LogP contribution is 2.36. The highest BCUT2D eigenvalue weighted by Gasteiger charge is 2.27. The lowest BCUT2D eigenvalue weighted by molar-refractivity contribution is -0.123. The number of amides is 1. The molecule has 22 heavy (non-hydrogen) atoms. The molecule has 2 heterocycles. The Labute approximate surface area is 131 Å². The molecule has 0 aliphatic carbocycles. The zero-order chi connectivity index (χ0) is 15.6. The van der Waals surface area contributed by atoms with Crippen LogP contribution in [0.3, 0.4) is 0 Å². The summed E-state index contributed by atoms with van der Waals surface area (Å²) in [6, 6.07) is 5.94. The van der Waals surface area contributed by atoms with Crippen molar-refractivity contribution in [3.63, 3.8) is 0 Å². The fraction of sp³-hybridized carbons (Fsp3) is 0.588. The minimum Gasteiger partial charge on any atom is -0.454 e. The third-order valence-corrected chi connectivity index (χ3v) is 4.49. The van der Waals surface area contributed by atoms with E-state index >= 15 is 0 Å². The van der Waals surface area contributed by atoms with Crippen molar-refractivity contribution in [3.05, 3.63) is 23.8 Å². The second-order valence-electron chi connectivity index (χ2n) is 6.67. The van der Waals surface area contributed by atoms with Gasteiger partial charge in [-0.3, -0.25) is 4.79 Å². The number of rotatable bonds is 4. The molecule has 0 saturated carbocycles. The van der Waals surface area contributed by atoms with Gasteiger partial charge in [-0.1, -0.05) is 26.3 Å². The number of hydrogen-bond donors (Lipinski definition) is 2. The molecule has 5 nitrogen and oxygen atoms in total.